The molecular formula is C17H13ClFNO5. The van der Waals surface area contributed by atoms with E-state index in [1.54, 1.807) is 24.3 Å². The zero-order chi connectivity index (χ0) is 17.8. The van der Waals surface area contributed by atoms with Gasteiger partial charge in [-0.15, -0.1) is 0 Å². The lowest BCUT2D eigenvalue weighted by Crippen LogP contribution is -2.39. The first-order valence-electron chi connectivity index (χ1n) is 7.33. The molecule has 2 aromatic carbocycles. The maximum absolute atomic E-state index is 13.6. The highest BCUT2D eigenvalue weighted by Gasteiger charge is 2.29. The molecule has 2 aromatic rings. The fourth-order valence-electron chi connectivity index (χ4n) is 2.14. The molecule has 0 bridgehead atoms. The number of amides is 1. The van der Waals surface area contributed by atoms with E-state index in [1.165, 1.54) is 12.1 Å². The Morgan fingerprint density at radius 2 is 2.00 bits per heavy atom. The lowest BCUT2D eigenvalue weighted by Gasteiger charge is -2.24. The van der Waals surface area contributed by atoms with Crippen molar-refractivity contribution >= 4 is 29.2 Å². The van der Waals surface area contributed by atoms with Gasteiger partial charge in [0.15, 0.2) is 18.1 Å². The Morgan fingerprint density at radius 1 is 1.24 bits per heavy atom. The molecule has 1 heterocycles. The molecule has 1 N–H and O–H groups in total. The van der Waals surface area contributed by atoms with Crippen LogP contribution in [0.3, 0.4) is 0 Å². The summed E-state index contributed by atoms with van der Waals surface area (Å²) in [5.41, 5.74) is -0.0587. The maximum atomic E-state index is 13.6. The summed E-state index contributed by atoms with van der Waals surface area (Å²) in [6.45, 7) is -0.605. The number of carbonyl (C=O) groups excluding carboxylic acids is 2. The van der Waals surface area contributed by atoms with E-state index < -0.39 is 30.4 Å². The van der Waals surface area contributed by atoms with Gasteiger partial charge in [-0.2, -0.15) is 0 Å². The van der Waals surface area contributed by atoms with Crippen molar-refractivity contribution in [2.45, 2.75) is 6.10 Å². The van der Waals surface area contributed by atoms with Crippen LogP contribution in [-0.4, -0.2) is 31.2 Å². The number of para-hydroxylation sites is 2. The number of hydrogen-bond donors (Lipinski definition) is 1. The summed E-state index contributed by atoms with van der Waals surface area (Å²) in [6, 6.07) is 10.7. The van der Waals surface area contributed by atoms with Crippen molar-refractivity contribution in [2.75, 3.05) is 18.5 Å². The fraction of sp³-hybridized carbons (Fsp3) is 0.176. The van der Waals surface area contributed by atoms with Crippen LogP contribution in [0.2, 0.25) is 5.02 Å². The van der Waals surface area contributed by atoms with Crippen LogP contribution in [0.1, 0.15) is 0 Å². The van der Waals surface area contributed by atoms with Gasteiger partial charge in [-0.1, -0.05) is 23.7 Å². The van der Waals surface area contributed by atoms with E-state index >= 15 is 0 Å². The number of ether oxygens (including phenoxy) is 3. The van der Waals surface area contributed by atoms with E-state index in [-0.39, 0.29) is 17.3 Å². The standard InChI is InChI=1S/C17H13ClFNO5/c18-10-5-6-12(11(19)7-10)20-16(21)9-24-17(22)15-8-23-13-3-1-2-4-14(13)25-15/h1-7,15H,8-9H2,(H,20,21)/t15-/m0/s1. The van der Waals surface area contributed by atoms with Crippen LogP contribution in [0.25, 0.3) is 0 Å². The third-order valence-electron chi connectivity index (χ3n) is 3.32. The molecule has 3 rings (SSSR count). The molecule has 1 atom stereocenters. The number of fused-ring (bicyclic) bond motifs is 1. The molecule has 0 saturated heterocycles. The second-order valence-electron chi connectivity index (χ2n) is 5.14. The Bertz CT molecular complexity index is 813. The second kappa shape index (κ2) is 7.40. The Hall–Kier alpha value is -2.80. The van der Waals surface area contributed by atoms with Gasteiger partial charge < -0.3 is 19.5 Å². The molecule has 0 saturated carbocycles. The molecule has 8 heteroatoms. The van der Waals surface area contributed by atoms with Gasteiger partial charge in [-0.3, -0.25) is 4.79 Å². The minimum absolute atomic E-state index is 0.0245. The number of benzene rings is 2. The van der Waals surface area contributed by atoms with Gasteiger partial charge in [0.25, 0.3) is 5.91 Å². The molecule has 1 aliphatic rings. The molecule has 1 aliphatic heterocycles. The molecular weight excluding hydrogens is 353 g/mol. The average molecular weight is 366 g/mol. The van der Waals surface area contributed by atoms with Gasteiger partial charge >= 0.3 is 5.97 Å². The zero-order valence-electron chi connectivity index (χ0n) is 12.8. The van der Waals surface area contributed by atoms with E-state index in [2.05, 4.69) is 5.32 Å². The normalized spacial score (nSPS) is 15.4. The summed E-state index contributed by atoms with van der Waals surface area (Å²) in [4.78, 5) is 23.8. The van der Waals surface area contributed by atoms with Crippen LogP contribution in [0.5, 0.6) is 11.5 Å². The Kier molecular flexibility index (Phi) is 5.04. The monoisotopic (exact) mass is 365 g/mol. The van der Waals surface area contributed by atoms with E-state index in [0.29, 0.717) is 11.5 Å². The second-order valence-corrected chi connectivity index (χ2v) is 5.58. The lowest BCUT2D eigenvalue weighted by molar-refractivity contribution is -0.156. The van der Waals surface area contributed by atoms with E-state index in [0.717, 1.165) is 6.07 Å². The van der Waals surface area contributed by atoms with Crippen molar-refractivity contribution in [3.63, 3.8) is 0 Å². The molecule has 6 nitrogen and oxygen atoms in total. The number of nitrogens with one attached hydrogen (secondary N) is 1. The first-order valence-corrected chi connectivity index (χ1v) is 7.71. The number of esters is 1. The zero-order valence-corrected chi connectivity index (χ0v) is 13.6. The van der Waals surface area contributed by atoms with Crippen LogP contribution < -0.4 is 14.8 Å². The summed E-state index contributed by atoms with van der Waals surface area (Å²) >= 11 is 5.63. The number of rotatable bonds is 4. The molecule has 0 aromatic heterocycles. The number of anilines is 1. The summed E-state index contributed by atoms with van der Waals surface area (Å²) in [6.07, 6.45) is -0.977. The quantitative estimate of drug-likeness (QED) is 0.843. The molecule has 0 unspecified atom stereocenters. The summed E-state index contributed by atoms with van der Waals surface area (Å²) in [7, 11) is 0. The van der Waals surface area contributed by atoms with Crippen LogP contribution in [0, 0.1) is 5.82 Å². The van der Waals surface area contributed by atoms with Crippen molar-refractivity contribution in [1.29, 1.82) is 0 Å². The third-order valence-corrected chi connectivity index (χ3v) is 3.56. The van der Waals surface area contributed by atoms with Gasteiger partial charge in [-0.05, 0) is 30.3 Å². The van der Waals surface area contributed by atoms with E-state index in [1.807, 2.05) is 0 Å². The molecule has 0 fully saturated rings. The average Bonchev–Trinajstić information content (AvgIpc) is 2.61. The van der Waals surface area contributed by atoms with E-state index in [4.69, 9.17) is 25.8 Å². The topological polar surface area (TPSA) is 73.9 Å². The minimum atomic E-state index is -0.977. The first kappa shape index (κ1) is 17.0. The highest BCUT2D eigenvalue weighted by atomic mass is 35.5. The fourth-order valence-corrected chi connectivity index (χ4v) is 2.30. The molecule has 25 heavy (non-hydrogen) atoms. The smallest absolute Gasteiger partial charge is 0.351 e. The molecule has 130 valence electrons. The Morgan fingerprint density at radius 3 is 2.76 bits per heavy atom. The lowest BCUT2D eigenvalue weighted by atomic mass is 10.2. The van der Waals surface area contributed by atoms with Crippen LogP contribution in [0.15, 0.2) is 42.5 Å². The summed E-state index contributed by atoms with van der Waals surface area (Å²) in [5.74, 6) is -1.17. The van der Waals surface area contributed by atoms with Gasteiger partial charge in [0.2, 0.25) is 6.10 Å². The van der Waals surface area contributed by atoms with Crippen LogP contribution in [0.4, 0.5) is 10.1 Å². The summed E-state index contributed by atoms with van der Waals surface area (Å²) in [5, 5.41) is 2.49. The van der Waals surface area contributed by atoms with Crippen molar-refractivity contribution in [3.8, 4) is 11.5 Å². The predicted octanol–water partition coefficient (Wildman–Crippen LogP) is 2.80. The maximum Gasteiger partial charge on any atom is 0.351 e. The molecule has 0 aliphatic carbocycles. The minimum Gasteiger partial charge on any atom is -0.485 e. The Labute approximate surface area is 147 Å². The molecule has 0 radical (unpaired) electrons. The molecule has 1 amide bonds. The van der Waals surface area contributed by atoms with E-state index in [9.17, 15) is 14.0 Å². The third kappa shape index (κ3) is 4.19. The number of carbonyl (C=O) groups is 2. The summed E-state index contributed by atoms with van der Waals surface area (Å²) < 4.78 is 29.4. The highest BCUT2D eigenvalue weighted by Crippen LogP contribution is 2.31. The molecule has 0 spiro atoms. The van der Waals surface area contributed by atoms with Gasteiger partial charge in [0.1, 0.15) is 12.4 Å². The van der Waals surface area contributed by atoms with Crippen molar-refractivity contribution in [2.24, 2.45) is 0 Å². The van der Waals surface area contributed by atoms with Gasteiger partial charge in [0.05, 0.1) is 5.69 Å². The SMILES string of the molecule is O=C(COC(=O)[C@@H]1COc2ccccc2O1)Nc1ccc(Cl)cc1F. The van der Waals surface area contributed by atoms with Crippen LogP contribution >= 0.6 is 11.6 Å². The van der Waals surface area contributed by atoms with Crippen molar-refractivity contribution in [1.82, 2.24) is 0 Å². The van der Waals surface area contributed by atoms with Crippen LogP contribution in [-0.2, 0) is 14.3 Å². The van der Waals surface area contributed by atoms with Crippen molar-refractivity contribution in [3.05, 3.63) is 53.3 Å². The Balaban J connectivity index is 1.51. The highest BCUT2D eigenvalue weighted by molar-refractivity contribution is 6.30. The number of hydrogen-bond acceptors (Lipinski definition) is 5. The predicted molar refractivity (Wildman–Crippen MR) is 87.4 cm³/mol. The van der Waals surface area contributed by atoms with Gasteiger partial charge in [0, 0.05) is 5.02 Å². The first-order chi connectivity index (χ1) is 12.0. The van der Waals surface area contributed by atoms with Crippen molar-refractivity contribution < 1.29 is 28.2 Å². The largest absolute Gasteiger partial charge is 0.485 e. The number of halogens is 2. The van der Waals surface area contributed by atoms with Gasteiger partial charge in [-0.25, -0.2) is 9.18 Å².